The van der Waals surface area contributed by atoms with Gasteiger partial charge in [0.25, 0.3) is 10.0 Å². The molecule has 0 aliphatic heterocycles. The van der Waals surface area contributed by atoms with E-state index in [0.717, 1.165) is 12.1 Å². The average molecular weight is 281 g/mol. The van der Waals surface area contributed by atoms with Crippen LogP contribution in [0.25, 0.3) is 0 Å². The third-order valence-electron chi connectivity index (χ3n) is 1.94. The largest absolute Gasteiger partial charge is 0.497 e. The van der Waals surface area contributed by atoms with Gasteiger partial charge in [-0.15, -0.1) is 0 Å². The van der Waals surface area contributed by atoms with Crippen molar-refractivity contribution in [2.75, 3.05) is 11.8 Å². The Kier molecular flexibility index (Phi) is 4.07. The van der Waals surface area contributed by atoms with Gasteiger partial charge in [0.1, 0.15) is 5.75 Å². The molecule has 2 N–H and O–H groups in total. The lowest BCUT2D eigenvalue weighted by Gasteiger charge is -2.10. The van der Waals surface area contributed by atoms with Gasteiger partial charge < -0.3 is 9.84 Å². The predicted octanol–water partition coefficient (Wildman–Crippen LogP) is 1.36. The number of alkyl halides is 2. The topological polar surface area (TPSA) is 92.7 Å². The van der Waals surface area contributed by atoms with Crippen molar-refractivity contribution in [2.45, 2.75) is 5.76 Å². The third kappa shape index (κ3) is 3.06. The SMILES string of the molecule is COc1ccc(NS(=O)(=O)C(F)F)c(C(=O)O)c1. The quantitative estimate of drug-likeness (QED) is 0.850. The first-order chi connectivity index (χ1) is 8.27. The Morgan fingerprint density at radius 2 is 2.06 bits per heavy atom. The third-order valence-corrected chi connectivity index (χ3v) is 2.92. The first kappa shape index (κ1) is 14.2. The molecule has 100 valence electrons. The van der Waals surface area contributed by atoms with Crippen LogP contribution in [0.2, 0.25) is 0 Å². The summed E-state index contributed by atoms with van der Waals surface area (Å²) >= 11 is 0. The smallest absolute Gasteiger partial charge is 0.355 e. The van der Waals surface area contributed by atoms with Crippen molar-refractivity contribution in [1.82, 2.24) is 0 Å². The molecule has 0 spiro atoms. The lowest BCUT2D eigenvalue weighted by Crippen LogP contribution is -2.22. The van der Waals surface area contributed by atoms with E-state index in [4.69, 9.17) is 9.84 Å². The molecule has 0 saturated heterocycles. The van der Waals surface area contributed by atoms with Crippen LogP contribution >= 0.6 is 0 Å². The zero-order chi connectivity index (χ0) is 13.9. The molecule has 0 aromatic heterocycles. The minimum atomic E-state index is -4.91. The number of hydrogen-bond acceptors (Lipinski definition) is 4. The molecule has 18 heavy (non-hydrogen) atoms. The molecular formula is C9H9F2NO5S. The first-order valence-electron chi connectivity index (χ1n) is 4.49. The van der Waals surface area contributed by atoms with Crippen LogP contribution in [0.3, 0.4) is 0 Å². The fourth-order valence-corrected chi connectivity index (χ4v) is 1.69. The van der Waals surface area contributed by atoms with E-state index in [1.807, 2.05) is 0 Å². The Hall–Kier alpha value is -1.90. The van der Waals surface area contributed by atoms with Crippen LogP contribution < -0.4 is 9.46 Å². The number of carboxylic acid groups (broad SMARTS) is 1. The number of aromatic carboxylic acids is 1. The molecular weight excluding hydrogens is 272 g/mol. The Bertz CT molecular complexity index is 558. The summed E-state index contributed by atoms with van der Waals surface area (Å²) in [6.07, 6.45) is 0. The van der Waals surface area contributed by atoms with E-state index in [1.54, 1.807) is 0 Å². The van der Waals surface area contributed by atoms with E-state index in [2.05, 4.69) is 0 Å². The summed E-state index contributed by atoms with van der Waals surface area (Å²) in [6.45, 7) is 0. The molecule has 0 bridgehead atoms. The van der Waals surface area contributed by atoms with Crippen molar-refractivity contribution >= 4 is 21.7 Å². The molecule has 0 aliphatic rings. The molecule has 1 rings (SSSR count). The van der Waals surface area contributed by atoms with E-state index in [1.165, 1.54) is 17.9 Å². The summed E-state index contributed by atoms with van der Waals surface area (Å²) in [5.41, 5.74) is -0.942. The van der Waals surface area contributed by atoms with Gasteiger partial charge in [-0.05, 0) is 18.2 Å². The highest BCUT2D eigenvalue weighted by molar-refractivity contribution is 7.93. The molecule has 1 aromatic rings. The maximum Gasteiger partial charge on any atom is 0.355 e. The van der Waals surface area contributed by atoms with E-state index < -0.39 is 33.0 Å². The molecule has 0 fully saturated rings. The fourth-order valence-electron chi connectivity index (χ4n) is 1.11. The van der Waals surface area contributed by atoms with Crippen molar-refractivity contribution in [1.29, 1.82) is 0 Å². The van der Waals surface area contributed by atoms with Crippen molar-refractivity contribution in [3.8, 4) is 5.75 Å². The lowest BCUT2D eigenvalue weighted by atomic mass is 10.2. The number of ether oxygens (including phenoxy) is 1. The van der Waals surface area contributed by atoms with E-state index in [-0.39, 0.29) is 5.75 Å². The van der Waals surface area contributed by atoms with Crippen LogP contribution in [0.4, 0.5) is 14.5 Å². The summed E-state index contributed by atoms with van der Waals surface area (Å²) in [6, 6.07) is 3.30. The summed E-state index contributed by atoms with van der Waals surface area (Å²) in [5, 5.41) is 8.84. The van der Waals surface area contributed by atoms with Gasteiger partial charge in [0.05, 0.1) is 18.4 Å². The maximum absolute atomic E-state index is 12.2. The average Bonchev–Trinajstić information content (AvgIpc) is 2.28. The van der Waals surface area contributed by atoms with E-state index in [9.17, 15) is 22.0 Å². The van der Waals surface area contributed by atoms with Crippen LogP contribution in [0.15, 0.2) is 18.2 Å². The molecule has 0 aliphatic carbocycles. The molecule has 0 unspecified atom stereocenters. The standard InChI is InChI=1S/C9H9F2NO5S/c1-17-5-2-3-7(6(4-5)8(13)14)12-18(15,16)9(10)11/h2-4,9,12H,1H3,(H,13,14). The van der Waals surface area contributed by atoms with Gasteiger partial charge in [0.2, 0.25) is 0 Å². The maximum atomic E-state index is 12.2. The summed E-state index contributed by atoms with van der Waals surface area (Å²) < 4.78 is 52.4. The fraction of sp³-hybridized carbons (Fsp3) is 0.222. The van der Waals surface area contributed by atoms with Crippen molar-refractivity contribution in [3.05, 3.63) is 23.8 Å². The predicted molar refractivity (Wildman–Crippen MR) is 58.5 cm³/mol. The number of benzene rings is 1. The zero-order valence-electron chi connectivity index (χ0n) is 9.05. The number of hydrogen-bond donors (Lipinski definition) is 2. The van der Waals surface area contributed by atoms with Crippen molar-refractivity contribution < 1.29 is 31.8 Å². The molecule has 0 radical (unpaired) electrons. The van der Waals surface area contributed by atoms with Crippen LogP contribution in [-0.2, 0) is 10.0 Å². The Labute approximate surface area is 101 Å². The molecule has 0 heterocycles. The molecule has 1 aromatic carbocycles. The number of rotatable bonds is 5. The number of nitrogens with one attached hydrogen (secondary N) is 1. The minimum absolute atomic E-state index is 0.160. The Morgan fingerprint density at radius 1 is 1.44 bits per heavy atom. The highest BCUT2D eigenvalue weighted by atomic mass is 32.2. The summed E-state index contributed by atoms with van der Waals surface area (Å²) in [5.74, 6) is -4.96. The number of carbonyl (C=O) groups is 1. The molecule has 6 nitrogen and oxygen atoms in total. The highest BCUT2D eigenvalue weighted by Crippen LogP contribution is 2.24. The second-order valence-corrected chi connectivity index (χ2v) is 4.77. The van der Waals surface area contributed by atoms with Gasteiger partial charge in [-0.3, -0.25) is 4.72 Å². The second-order valence-electron chi connectivity index (χ2n) is 3.12. The van der Waals surface area contributed by atoms with E-state index in [0.29, 0.717) is 0 Å². The molecule has 0 saturated carbocycles. The number of carboxylic acids is 1. The number of sulfonamides is 1. The Morgan fingerprint density at radius 3 is 2.50 bits per heavy atom. The van der Waals surface area contributed by atoms with Gasteiger partial charge in [0.15, 0.2) is 0 Å². The monoisotopic (exact) mass is 281 g/mol. The van der Waals surface area contributed by atoms with Gasteiger partial charge in [0, 0.05) is 0 Å². The summed E-state index contributed by atoms with van der Waals surface area (Å²) in [4.78, 5) is 10.9. The number of anilines is 1. The van der Waals surface area contributed by atoms with Crippen LogP contribution in [0.1, 0.15) is 10.4 Å². The summed E-state index contributed by atoms with van der Waals surface area (Å²) in [7, 11) is -3.63. The highest BCUT2D eigenvalue weighted by Gasteiger charge is 2.25. The van der Waals surface area contributed by atoms with Gasteiger partial charge >= 0.3 is 11.7 Å². The van der Waals surface area contributed by atoms with Crippen molar-refractivity contribution in [3.63, 3.8) is 0 Å². The zero-order valence-corrected chi connectivity index (χ0v) is 9.87. The number of methoxy groups -OCH3 is 1. The molecule has 0 amide bonds. The van der Waals surface area contributed by atoms with Crippen LogP contribution in [-0.4, -0.2) is 32.4 Å². The van der Waals surface area contributed by atoms with Crippen LogP contribution in [0.5, 0.6) is 5.75 Å². The van der Waals surface area contributed by atoms with E-state index >= 15 is 0 Å². The lowest BCUT2D eigenvalue weighted by molar-refractivity contribution is 0.0697. The number of halogens is 2. The molecule has 9 heteroatoms. The van der Waals surface area contributed by atoms with Gasteiger partial charge in [-0.25, -0.2) is 13.2 Å². The van der Waals surface area contributed by atoms with Crippen molar-refractivity contribution in [2.24, 2.45) is 0 Å². The molecule has 0 atom stereocenters. The van der Waals surface area contributed by atoms with Gasteiger partial charge in [-0.2, -0.15) is 8.78 Å². The van der Waals surface area contributed by atoms with Crippen LogP contribution in [0, 0.1) is 0 Å². The second kappa shape index (κ2) is 5.17. The normalized spacial score (nSPS) is 11.3. The minimum Gasteiger partial charge on any atom is -0.497 e. The van der Waals surface area contributed by atoms with Gasteiger partial charge in [-0.1, -0.05) is 0 Å². The Balaban J connectivity index is 3.21. The first-order valence-corrected chi connectivity index (χ1v) is 6.03.